The highest BCUT2D eigenvalue weighted by Gasteiger charge is 2.40. The number of hydrogen-bond acceptors (Lipinski definition) is 13. The third-order valence-corrected chi connectivity index (χ3v) is 12.3. The first-order valence-electron chi connectivity index (χ1n) is 19.4. The number of piperazine rings is 1. The first kappa shape index (κ1) is 33.7. The summed E-state index contributed by atoms with van der Waals surface area (Å²) >= 11 is 0. The van der Waals surface area contributed by atoms with E-state index in [0.29, 0.717) is 35.7 Å². The zero-order valence-corrected chi connectivity index (χ0v) is 30.5. The van der Waals surface area contributed by atoms with Crippen LogP contribution in [0.25, 0.3) is 11.3 Å². The smallest absolute Gasteiger partial charge is 0.255 e. The van der Waals surface area contributed by atoms with Gasteiger partial charge in [0.1, 0.15) is 11.8 Å². The molecule has 0 aliphatic carbocycles. The highest BCUT2D eigenvalue weighted by Crippen LogP contribution is 2.37. The van der Waals surface area contributed by atoms with Crippen molar-refractivity contribution in [3.63, 3.8) is 0 Å². The topological polar surface area (TPSA) is 163 Å². The van der Waals surface area contributed by atoms with Gasteiger partial charge in [-0.1, -0.05) is 18.2 Å². The Hall–Kier alpha value is -5.83. The number of nitrogens with one attached hydrogen (secondary N) is 2. The van der Waals surface area contributed by atoms with Crippen molar-refractivity contribution in [1.82, 2.24) is 35.3 Å². The van der Waals surface area contributed by atoms with E-state index in [1.807, 2.05) is 36.5 Å². The summed E-state index contributed by atoms with van der Waals surface area (Å²) in [6.07, 6.45) is 4.78. The highest BCUT2D eigenvalue weighted by molar-refractivity contribution is 6.05. The summed E-state index contributed by atoms with van der Waals surface area (Å²) in [4.78, 5) is 58.6. The maximum Gasteiger partial charge on any atom is 0.255 e. The van der Waals surface area contributed by atoms with Gasteiger partial charge in [0.25, 0.3) is 5.91 Å². The van der Waals surface area contributed by atoms with Crippen LogP contribution in [-0.4, -0.2) is 111 Å². The molecule has 3 amide bonds. The Morgan fingerprint density at radius 1 is 0.836 bits per heavy atom. The number of nitrogens with zero attached hydrogens (tertiary/aromatic N) is 9. The first-order chi connectivity index (χ1) is 26.8. The summed E-state index contributed by atoms with van der Waals surface area (Å²) in [5, 5.41) is 25.1. The number of carbonyl (C=O) groups excluding carboxylic acids is 3. The van der Waals surface area contributed by atoms with Crippen molar-refractivity contribution in [1.29, 1.82) is 0 Å². The van der Waals surface area contributed by atoms with E-state index in [4.69, 9.17) is 9.97 Å². The fourth-order valence-electron chi connectivity index (χ4n) is 9.26. The molecule has 0 spiro atoms. The van der Waals surface area contributed by atoms with Crippen molar-refractivity contribution in [2.24, 2.45) is 5.92 Å². The van der Waals surface area contributed by atoms with Gasteiger partial charge in [0.2, 0.25) is 17.8 Å². The van der Waals surface area contributed by atoms with E-state index in [-0.39, 0.29) is 35.9 Å². The number of para-hydroxylation sites is 1. The van der Waals surface area contributed by atoms with Crippen molar-refractivity contribution < 1.29 is 19.5 Å². The second kappa shape index (κ2) is 13.5. The zero-order chi connectivity index (χ0) is 37.2. The quantitative estimate of drug-likeness (QED) is 0.248. The van der Waals surface area contributed by atoms with Crippen LogP contribution in [0.4, 0.5) is 23.1 Å². The molecule has 3 fully saturated rings. The largest absolute Gasteiger partial charge is 0.507 e. The minimum absolute atomic E-state index is 0.129. The number of benzene rings is 2. The van der Waals surface area contributed by atoms with Gasteiger partial charge in [-0.3, -0.25) is 24.6 Å². The second-order valence-electron chi connectivity index (χ2n) is 15.6. The zero-order valence-electron chi connectivity index (χ0n) is 30.5. The number of aromatic nitrogens is 4. The number of piperidine rings is 2. The summed E-state index contributed by atoms with van der Waals surface area (Å²) in [6, 6.07) is 15.0. The van der Waals surface area contributed by atoms with Crippen molar-refractivity contribution in [3.8, 4) is 17.0 Å². The van der Waals surface area contributed by atoms with Crippen LogP contribution >= 0.6 is 0 Å². The Balaban J connectivity index is 0.735. The number of anilines is 4. The Kier molecular flexibility index (Phi) is 8.26. The molecule has 2 aromatic heterocycles. The first-order valence-corrected chi connectivity index (χ1v) is 19.4. The molecule has 10 rings (SSSR count). The van der Waals surface area contributed by atoms with Crippen molar-refractivity contribution >= 4 is 40.9 Å². The van der Waals surface area contributed by atoms with Gasteiger partial charge in [-0.05, 0) is 61.1 Å². The van der Waals surface area contributed by atoms with Gasteiger partial charge in [0.15, 0.2) is 5.82 Å². The van der Waals surface area contributed by atoms with Crippen LogP contribution in [0.1, 0.15) is 52.9 Å². The Labute approximate surface area is 318 Å². The van der Waals surface area contributed by atoms with Crippen LogP contribution in [0, 0.1) is 5.92 Å². The number of hydrogen-bond donors (Lipinski definition) is 3. The average molecular weight is 742 g/mol. The Morgan fingerprint density at radius 2 is 1.71 bits per heavy atom. The monoisotopic (exact) mass is 741 g/mol. The van der Waals surface area contributed by atoms with Crippen molar-refractivity contribution in [3.05, 3.63) is 77.1 Å². The molecule has 0 bridgehead atoms. The van der Waals surface area contributed by atoms with Gasteiger partial charge < -0.3 is 30.0 Å². The van der Waals surface area contributed by atoms with Crippen LogP contribution in [0.2, 0.25) is 0 Å². The summed E-state index contributed by atoms with van der Waals surface area (Å²) in [5.41, 5.74) is 7.29. The van der Waals surface area contributed by atoms with Gasteiger partial charge in [-0.2, -0.15) is 0 Å². The van der Waals surface area contributed by atoms with Crippen molar-refractivity contribution in [2.75, 3.05) is 65.8 Å². The molecule has 3 N–H and O–H groups in total. The number of amides is 3. The highest BCUT2D eigenvalue weighted by atomic mass is 16.3. The maximum absolute atomic E-state index is 13.4. The Morgan fingerprint density at radius 3 is 2.56 bits per heavy atom. The third kappa shape index (κ3) is 6.15. The molecule has 55 heavy (non-hydrogen) atoms. The predicted octanol–water partition coefficient (Wildman–Crippen LogP) is 2.75. The van der Waals surface area contributed by atoms with Gasteiger partial charge in [0, 0.05) is 100 Å². The third-order valence-electron chi connectivity index (χ3n) is 12.3. The molecule has 3 saturated heterocycles. The molecule has 0 saturated carbocycles. The molecule has 1 unspecified atom stereocenters. The molecule has 0 radical (unpaired) electrons. The molecule has 2 atom stereocenters. The fraction of sp³-hybridized carbons (Fsp3) is 0.425. The molecule has 2 aromatic carbocycles. The van der Waals surface area contributed by atoms with Gasteiger partial charge in [-0.25, -0.2) is 9.97 Å². The lowest BCUT2D eigenvalue weighted by Gasteiger charge is -2.45. The maximum atomic E-state index is 13.4. The fourth-order valence-corrected chi connectivity index (χ4v) is 9.26. The van der Waals surface area contributed by atoms with E-state index in [9.17, 15) is 19.5 Å². The normalized spacial score (nSPS) is 22.6. The van der Waals surface area contributed by atoms with E-state index in [1.54, 1.807) is 17.0 Å². The summed E-state index contributed by atoms with van der Waals surface area (Å²) in [6.45, 7) is 8.09. The predicted molar refractivity (Wildman–Crippen MR) is 205 cm³/mol. The van der Waals surface area contributed by atoms with E-state index in [1.165, 1.54) is 5.56 Å². The molecule has 8 heterocycles. The standard InChI is InChI=1S/C40H43N11O4/c52-35-4-2-1-3-29(35)31-16-34-37(46-45-31)41-18-28-22-49(13-14-50(28)34)40-42-17-26-20-47(23-32(26)43-40)19-24-9-11-48(12-10-24)27-6-5-25-21-51(39(55)30(25)15-27)33-7-8-36(53)44-38(33)54/h1-6,15-17,24,28,33,52H,7-14,18-23H2,(H,41,46)(H,44,53,54)/t28-,33?/m0/s1. The lowest BCUT2D eigenvalue weighted by Crippen LogP contribution is -2.58. The molecule has 6 aliphatic heterocycles. The number of aromatic hydroxyl groups is 1. The summed E-state index contributed by atoms with van der Waals surface area (Å²) in [7, 11) is 0. The molecular weight excluding hydrogens is 699 g/mol. The van der Waals surface area contributed by atoms with Gasteiger partial charge >= 0.3 is 0 Å². The van der Waals surface area contributed by atoms with Crippen LogP contribution in [-0.2, 0) is 29.2 Å². The number of phenols is 1. The SMILES string of the molecule is O=C1CCC(N2Cc3ccc(N4CCC(CN5Cc6cnc(N7CCN8c9cc(-c%10ccccc%10O)nnc9NC[C@H]8C7)nc6C5)CC4)cc3C2=O)C(=O)N1. The van der Waals surface area contributed by atoms with E-state index >= 15 is 0 Å². The van der Waals surface area contributed by atoms with E-state index in [0.717, 1.165) is 106 Å². The van der Waals surface area contributed by atoms with E-state index in [2.05, 4.69) is 46.5 Å². The number of carbonyl (C=O) groups is 3. The lowest BCUT2D eigenvalue weighted by atomic mass is 9.95. The van der Waals surface area contributed by atoms with Crippen LogP contribution < -0.4 is 25.3 Å². The van der Waals surface area contributed by atoms with Gasteiger partial charge in [0.05, 0.1) is 23.1 Å². The summed E-state index contributed by atoms with van der Waals surface area (Å²) < 4.78 is 0. The van der Waals surface area contributed by atoms with Gasteiger partial charge in [-0.15, -0.1) is 10.2 Å². The Bertz CT molecular complexity index is 2210. The number of imide groups is 1. The second-order valence-corrected chi connectivity index (χ2v) is 15.6. The van der Waals surface area contributed by atoms with Crippen LogP contribution in [0.15, 0.2) is 54.7 Å². The molecule has 15 heteroatoms. The number of fused-ring (bicyclic) bond motifs is 5. The van der Waals surface area contributed by atoms with Crippen LogP contribution in [0.5, 0.6) is 5.75 Å². The molecule has 15 nitrogen and oxygen atoms in total. The van der Waals surface area contributed by atoms with Crippen molar-refractivity contribution in [2.45, 2.75) is 57.4 Å². The molecule has 6 aliphatic rings. The average Bonchev–Trinajstić information content (AvgIpc) is 3.76. The molecule has 282 valence electrons. The number of phenolic OH excluding ortho intramolecular Hbond substituents is 1. The lowest BCUT2D eigenvalue weighted by molar-refractivity contribution is -0.136. The minimum Gasteiger partial charge on any atom is -0.507 e. The molecular formula is C40H43N11O4. The van der Waals surface area contributed by atoms with E-state index < -0.39 is 6.04 Å². The summed E-state index contributed by atoms with van der Waals surface area (Å²) in [5.74, 6) is 1.53. The van der Waals surface area contributed by atoms with Crippen LogP contribution in [0.3, 0.4) is 0 Å². The number of rotatable bonds is 6. The molecule has 4 aromatic rings. The minimum atomic E-state index is -0.599.